The first-order valence-electron chi connectivity index (χ1n) is 6.69. The molecular weight excluding hydrogens is 312 g/mol. The molecule has 20 heavy (non-hydrogen) atoms. The first-order valence-corrected chi connectivity index (χ1v) is 10.3. The number of thioether (sulfide) groups is 1. The summed E-state index contributed by atoms with van der Waals surface area (Å²) in [5.74, 6) is 0. The van der Waals surface area contributed by atoms with Crippen molar-refractivity contribution in [2.24, 2.45) is 0 Å². The number of hydrogen-bond acceptors (Lipinski definition) is 5. The molecule has 1 aliphatic carbocycles. The van der Waals surface area contributed by atoms with E-state index in [4.69, 9.17) is 0 Å². The van der Waals surface area contributed by atoms with Crippen LogP contribution in [0.2, 0.25) is 0 Å². The minimum atomic E-state index is -3.41. The normalized spacial score (nSPS) is 16.6. The van der Waals surface area contributed by atoms with Crippen molar-refractivity contribution < 1.29 is 8.42 Å². The Labute approximate surface area is 129 Å². The van der Waals surface area contributed by atoms with E-state index in [1.165, 1.54) is 24.2 Å². The third kappa shape index (κ3) is 4.46. The van der Waals surface area contributed by atoms with Gasteiger partial charge in [-0.05, 0) is 44.4 Å². The van der Waals surface area contributed by atoms with Crippen LogP contribution < -0.4 is 10.0 Å². The van der Waals surface area contributed by atoms with Gasteiger partial charge in [0.25, 0.3) is 0 Å². The second-order valence-electron chi connectivity index (χ2n) is 5.65. The molecule has 1 aromatic rings. The maximum Gasteiger partial charge on any atom is 0.241 e. The first-order chi connectivity index (χ1) is 9.34. The molecule has 0 aromatic carbocycles. The van der Waals surface area contributed by atoms with Crippen LogP contribution in [-0.2, 0) is 16.6 Å². The van der Waals surface area contributed by atoms with Crippen LogP contribution in [0.25, 0.3) is 0 Å². The van der Waals surface area contributed by atoms with Crippen LogP contribution in [0.1, 0.15) is 31.6 Å². The maximum absolute atomic E-state index is 12.4. The quantitative estimate of drug-likeness (QED) is 0.766. The van der Waals surface area contributed by atoms with E-state index in [-0.39, 0.29) is 4.75 Å². The second-order valence-corrected chi connectivity index (χ2v) is 9.90. The van der Waals surface area contributed by atoms with Gasteiger partial charge in [-0.3, -0.25) is 0 Å². The molecule has 1 aromatic heterocycles. The first kappa shape index (κ1) is 16.3. The lowest BCUT2D eigenvalue weighted by Gasteiger charge is -2.22. The van der Waals surface area contributed by atoms with Crippen LogP contribution in [-0.4, -0.2) is 32.0 Å². The predicted octanol–water partition coefficient (Wildman–Crippen LogP) is 2.42. The van der Waals surface area contributed by atoms with Crippen LogP contribution in [0.5, 0.6) is 0 Å². The molecule has 1 aliphatic rings. The SMILES string of the molecule is CSC(C)(C)CNS(=O)(=O)c1ccsc1CNC1CC1. The summed E-state index contributed by atoms with van der Waals surface area (Å²) in [6.07, 6.45) is 4.39. The summed E-state index contributed by atoms with van der Waals surface area (Å²) < 4.78 is 27.4. The summed E-state index contributed by atoms with van der Waals surface area (Å²) in [6, 6.07) is 2.28. The Bertz CT molecular complexity index is 548. The average Bonchev–Trinajstić information content (AvgIpc) is 3.10. The molecule has 114 valence electrons. The van der Waals surface area contributed by atoms with E-state index in [0.717, 1.165) is 4.88 Å². The summed E-state index contributed by atoms with van der Waals surface area (Å²) in [4.78, 5) is 1.32. The molecule has 0 radical (unpaired) electrons. The molecule has 0 unspecified atom stereocenters. The summed E-state index contributed by atoms with van der Waals surface area (Å²) in [5.41, 5.74) is 0. The van der Waals surface area contributed by atoms with E-state index in [0.29, 0.717) is 24.0 Å². The van der Waals surface area contributed by atoms with Gasteiger partial charge in [0.15, 0.2) is 0 Å². The Hall–Kier alpha value is -0.0800. The summed E-state index contributed by atoms with van der Waals surface area (Å²) in [6.45, 7) is 5.14. The molecule has 2 rings (SSSR count). The van der Waals surface area contributed by atoms with Gasteiger partial charge in [-0.15, -0.1) is 11.3 Å². The highest BCUT2D eigenvalue weighted by Crippen LogP contribution is 2.26. The van der Waals surface area contributed by atoms with Gasteiger partial charge in [-0.25, -0.2) is 13.1 Å². The summed E-state index contributed by atoms with van der Waals surface area (Å²) >= 11 is 3.15. The molecular formula is C13H22N2O2S3. The monoisotopic (exact) mass is 334 g/mol. The van der Waals surface area contributed by atoms with E-state index >= 15 is 0 Å². The zero-order chi connectivity index (χ0) is 14.8. The molecule has 1 saturated carbocycles. The van der Waals surface area contributed by atoms with Crippen molar-refractivity contribution >= 4 is 33.1 Å². The van der Waals surface area contributed by atoms with E-state index < -0.39 is 10.0 Å². The van der Waals surface area contributed by atoms with Crippen LogP contribution >= 0.6 is 23.1 Å². The minimum Gasteiger partial charge on any atom is -0.309 e. The van der Waals surface area contributed by atoms with E-state index in [9.17, 15) is 8.42 Å². The van der Waals surface area contributed by atoms with Crippen LogP contribution in [0.15, 0.2) is 16.3 Å². The Morgan fingerprint density at radius 2 is 2.15 bits per heavy atom. The number of rotatable bonds is 8. The third-order valence-electron chi connectivity index (χ3n) is 3.36. The zero-order valence-corrected chi connectivity index (χ0v) is 14.6. The Kier molecular flexibility index (Phi) is 5.18. The largest absolute Gasteiger partial charge is 0.309 e. The maximum atomic E-state index is 12.4. The van der Waals surface area contributed by atoms with Gasteiger partial charge in [0.05, 0.1) is 4.90 Å². The smallest absolute Gasteiger partial charge is 0.241 e. The molecule has 0 bridgehead atoms. The van der Waals surface area contributed by atoms with Gasteiger partial charge >= 0.3 is 0 Å². The summed E-state index contributed by atoms with van der Waals surface area (Å²) in [7, 11) is -3.41. The lowest BCUT2D eigenvalue weighted by atomic mass is 10.2. The number of hydrogen-bond donors (Lipinski definition) is 2. The van der Waals surface area contributed by atoms with Crippen LogP contribution in [0.4, 0.5) is 0 Å². The van der Waals surface area contributed by atoms with E-state index in [2.05, 4.69) is 10.0 Å². The topological polar surface area (TPSA) is 58.2 Å². The lowest BCUT2D eigenvalue weighted by molar-refractivity contribution is 0.569. The fraction of sp³-hybridized carbons (Fsp3) is 0.692. The van der Waals surface area contributed by atoms with Crippen molar-refractivity contribution in [1.29, 1.82) is 0 Å². The number of thiophene rings is 1. The zero-order valence-electron chi connectivity index (χ0n) is 12.1. The molecule has 4 nitrogen and oxygen atoms in total. The molecule has 0 aliphatic heterocycles. The number of sulfonamides is 1. The molecule has 1 heterocycles. The van der Waals surface area contributed by atoms with Crippen molar-refractivity contribution in [3.63, 3.8) is 0 Å². The Balaban J connectivity index is 2.02. The second kappa shape index (κ2) is 6.36. The van der Waals surface area contributed by atoms with Crippen molar-refractivity contribution in [2.75, 3.05) is 12.8 Å². The Morgan fingerprint density at radius 3 is 2.75 bits per heavy atom. The predicted molar refractivity (Wildman–Crippen MR) is 87.0 cm³/mol. The van der Waals surface area contributed by atoms with Gasteiger partial charge in [-0.1, -0.05) is 0 Å². The lowest BCUT2D eigenvalue weighted by Crippen LogP contribution is -2.36. The highest BCUT2D eigenvalue weighted by atomic mass is 32.2. The molecule has 0 atom stereocenters. The molecule has 7 heteroatoms. The molecule has 2 N–H and O–H groups in total. The number of nitrogens with one attached hydrogen (secondary N) is 2. The molecule has 0 spiro atoms. The standard InChI is InChI=1S/C13H22N2O2S3/c1-13(2,18-3)9-15-20(16,17)12-6-7-19-11(12)8-14-10-4-5-10/h6-7,10,14-15H,4-5,8-9H2,1-3H3. The van der Waals surface area contributed by atoms with Crippen LogP contribution in [0, 0.1) is 0 Å². The fourth-order valence-corrected chi connectivity index (χ4v) is 4.55. The van der Waals surface area contributed by atoms with E-state index in [1.54, 1.807) is 17.8 Å². The van der Waals surface area contributed by atoms with Gasteiger partial charge in [0.1, 0.15) is 0 Å². The summed E-state index contributed by atoms with van der Waals surface area (Å²) in [5, 5.41) is 5.21. The van der Waals surface area contributed by atoms with Crippen molar-refractivity contribution in [2.45, 2.75) is 48.9 Å². The molecule has 0 amide bonds. The van der Waals surface area contributed by atoms with E-state index in [1.807, 2.05) is 25.5 Å². The third-order valence-corrected chi connectivity index (χ3v) is 7.15. The van der Waals surface area contributed by atoms with Crippen molar-refractivity contribution in [3.8, 4) is 0 Å². The van der Waals surface area contributed by atoms with Crippen LogP contribution in [0.3, 0.4) is 0 Å². The van der Waals surface area contributed by atoms with Crippen molar-refractivity contribution in [3.05, 3.63) is 16.3 Å². The highest BCUT2D eigenvalue weighted by Gasteiger charge is 2.25. The van der Waals surface area contributed by atoms with Crippen molar-refractivity contribution in [1.82, 2.24) is 10.0 Å². The molecule has 1 fully saturated rings. The van der Waals surface area contributed by atoms with Gasteiger partial charge in [-0.2, -0.15) is 11.8 Å². The Morgan fingerprint density at radius 1 is 1.45 bits per heavy atom. The minimum absolute atomic E-state index is 0.102. The fourth-order valence-electron chi connectivity index (χ4n) is 1.64. The van der Waals surface area contributed by atoms with Gasteiger partial charge in [0, 0.05) is 28.8 Å². The molecule has 0 saturated heterocycles. The van der Waals surface area contributed by atoms with Gasteiger partial charge in [0.2, 0.25) is 10.0 Å². The van der Waals surface area contributed by atoms with Gasteiger partial charge < -0.3 is 5.32 Å². The average molecular weight is 335 g/mol. The highest BCUT2D eigenvalue weighted by molar-refractivity contribution is 8.00.